The van der Waals surface area contributed by atoms with Crippen LogP contribution in [0, 0.1) is 5.92 Å². The molecule has 0 spiro atoms. The van der Waals surface area contributed by atoms with Crippen LogP contribution in [0.3, 0.4) is 0 Å². The number of pyridine rings is 1. The van der Waals surface area contributed by atoms with Crippen molar-refractivity contribution in [3.63, 3.8) is 0 Å². The summed E-state index contributed by atoms with van der Waals surface area (Å²) >= 11 is 0. The van der Waals surface area contributed by atoms with E-state index in [-0.39, 0.29) is 6.04 Å². The molecule has 0 amide bonds. The van der Waals surface area contributed by atoms with Crippen molar-refractivity contribution in [1.29, 1.82) is 0 Å². The van der Waals surface area contributed by atoms with Crippen LogP contribution in [0.25, 0.3) is 0 Å². The predicted octanol–water partition coefficient (Wildman–Crippen LogP) is 2.69. The first kappa shape index (κ1) is 15.3. The Labute approximate surface area is 114 Å². The Hall–Kier alpha value is -1.78. The quantitative estimate of drug-likeness (QED) is 0.773. The lowest BCUT2D eigenvalue weighted by Crippen LogP contribution is -2.21. The van der Waals surface area contributed by atoms with Crippen molar-refractivity contribution in [3.8, 4) is 0 Å². The third-order valence-electron chi connectivity index (χ3n) is 2.61. The topological polar surface area (TPSA) is 77.2 Å². The van der Waals surface area contributed by atoms with Gasteiger partial charge in [-0.3, -0.25) is 0 Å². The molecule has 0 aliphatic rings. The van der Waals surface area contributed by atoms with Crippen LogP contribution in [0.1, 0.15) is 44.5 Å². The first-order valence-corrected chi connectivity index (χ1v) is 6.63. The van der Waals surface area contributed by atoms with Gasteiger partial charge in [0.05, 0.1) is 18.5 Å². The highest BCUT2D eigenvalue weighted by Gasteiger charge is 2.16. The van der Waals surface area contributed by atoms with E-state index >= 15 is 0 Å². The van der Waals surface area contributed by atoms with Crippen molar-refractivity contribution in [2.45, 2.75) is 40.2 Å². The van der Waals surface area contributed by atoms with Gasteiger partial charge in [-0.05, 0) is 32.3 Å². The molecule has 19 heavy (non-hydrogen) atoms. The Morgan fingerprint density at radius 3 is 2.74 bits per heavy atom. The summed E-state index contributed by atoms with van der Waals surface area (Å²) < 4.78 is 5.01. The van der Waals surface area contributed by atoms with Gasteiger partial charge in [-0.1, -0.05) is 13.8 Å². The van der Waals surface area contributed by atoms with E-state index in [0.29, 0.717) is 29.6 Å². The summed E-state index contributed by atoms with van der Waals surface area (Å²) in [4.78, 5) is 16.1. The molecule has 0 aliphatic carbocycles. The number of hydrogen-bond acceptors (Lipinski definition) is 5. The molecule has 1 aromatic rings. The summed E-state index contributed by atoms with van der Waals surface area (Å²) in [6.45, 7) is 8.47. The molecule has 1 unspecified atom stereocenters. The summed E-state index contributed by atoms with van der Waals surface area (Å²) in [5.41, 5.74) is 6.51. The van der Waals surface area contributed by atoms with Crippen LogP contribution in [-0.4, -0.2) is 23.6 Å². The van der Waals surface area contributed by atoms with E-state index in [1.54, 1.807) is 13.0 Å². The summed E-state index contributed by atoms with van der Waals surface area (Å²) in [5, 5.41) is 3.24. The Morgan fingerprint density at radius 2 is 2.16 bits per heavy atom. The minimum Gasteiger partial charge on any atom is -0.462 e. The maximum atomic E-state index is 11.9. The van der Waals surface area contributed by atoms with E-state index in [1.807, 2.05) is 0 Å². The van der Waals surface area contributed by atoms with Crippen LogP contribution in [0.4, 0.5) is 11.5 Å². The van der Waals surface area contributed by atoms with E-state index in [0.717, 1.165) is 6.42 Å². The van der Waals surface area contributed by atoms with Gasteiger partial charge in [0.1, 0.15) is 11.4 Å². The van der Waals surface area contributed by atoms with Crippen molar-refractivity contribution in [3.05, 3.63) is 17.8 Å². The molecule has 0 fully saturated rings. The fraction of sp³-hybridized carbons (Fsp3) is 0.571. The zero-order valence-electron chi connectivity index (χ0n) is 12.1. The first-order valence-electron chi connectivity index (χ1n) is 6.63. The van der Waals surface area contributed by atoms with E-state index in [4.69, 9.17) is 10.5 Å². The van der Waals surface area contributed by atoms with Gasteiger partial charge in [-0.25, -0.2) is 9.78 Å². The lowest BCUT2D eigenvalue weighted by Gasteiger charge is -2.18. The minimum atomic E-state index is -0.401. The zero-order valence-corrected chi connectivity index (χ0v) is 12.1. The van der Waals surface area contributed by atoms with E-state index in [9.17, 15) is 4.79 Å². The molecule has 0 aromatic carbocycles. The molecule has 0 saturated carbocycles. The van der Waals surface area contributed by atoms with Gasteiger partial charge in [-0.15, -0.1) is 0 Å². The van der Waals surface area contributed by atoms with E-state index in [2.05, 4.69) is 31.1 Å². The Bertz CT molecular complexity index is 433. The molecule has 1 heterocycles. The van der Waals surface area contributed by atoms with Gasteiger partial charge >= 0.3 is 5.97 Å². The molecule has 5 heteroatoms. The Morgan fingerprint density at radius 1 is 1.47 bits per heavy atom. The second-order valence-corrected chi connectivity index (χ2v) is 5.06. The molecule has 3 N–H and O–H groups in total. The van der Waals surface area contributed by atoms with Crippen LogP contribution in [0.15, 0.2) is 12.3 Å². The average Bonchev–Trinajstić information content (AvgIpc) is 2.30. The third-order valence-corrected chi connectivity index (χ3v) is 2.61. The number of anilines is 2. The minimum absolute atomic E-state index is 0.226. The highest BCUT2D eigenvalue weighted by molar-refractivity contribution is 5.95. The number of rotatable bonds is 6. The van der Waals surface area contributed by atoms with Gasteiger partial charge < -0.3 is 15.8 Å². The van der Waals surface area contributed by atoms with E-state index < -0.39 is 5.97 Å². The lowest BCUT2D eigenvalue weighted by atomic mass is 10.1. The molecule has 0 saturated heterocycles. The molecule has 106 valence electrons. The molecule has 5 nitrogen and oxygen atoms in total. The monoisotopic (exact) mass is 265 g/mol. The zero-order chi connectivity index (χ0) is 14.4. The molecule has 1 rings (SSSR count). The summed E-state index contributed by atoms with van der Waals surface area (Å²) in [6, 6.07) is 1.82. The third kappa shape index (κ3) is 4.77. The Balaban J connectivity index is 2.90. The number of esters is 1. The van der Waals surface area contributed by atoms with Crippen molar-refractivity contribution in [1.82, 2.24) is 4.98 Å². The van der Waals surface area contributed by atoms with Gasteiger partial charge in [0.2, 0.25) is 0 Å². The second kappa shape index (κ2) is 6.97. The molecule has 0 bridgehead atoms. The molecular weight excluding hydrogens is 242 g/mol. The predicted molar refractivity (Wildman–Crippen MR) is 77.1 cm³/mol. The van der Waals surface area contributed by atoms with Gasteiger partial charge in [0, 0.05) is 6.04 Å². The number of aromatic nitrogens is 1. The molecule has 1 atom stereocenters. The SMILES string of the molecule is CCOC(=O)c1cc(N)cnc1NC(C)CC(C)C. The summed E-state index contributed by atoms with van der Waals surface area (Å²) in [5.74, 6) is 0.699. The van der Waals surface area contributed by atoms with Crippen LogP contribution in [0.5, 0.6) is 0 Å². The largest absolute Gasteiger partial charge is 0.462 e. The summed E-state index contributed by atoms with van der Waals surface area (Å²) in [7, 11) is 0. The smallest absolute Gasteiger partial charge is 0.341 e. The lowest BCUT2D eigenvalue weighted by molar-refractivity contribution is 0.0527. The highest BCUT2D eigenvalue weighted by Crippen LogP contribution is 2.19. The number of nitrogens with one attached hydrogen (secondary N) is 1. The van der Waals surface area contributed by atoms with Gasteiger partial charge in [0.15, 0.2) is 0 Å². The molecule has 1 aromatic heterocycles. The fourth-order valence-corrected chi connectivity index (χ4v) is 1.96. The highest BCUT2D eigenvalue weighted by atomic mass is 16.5. The van der Waals surface area contributed by atoms with Crippen molar-refractivity contribution in [2.24, 2.45) is 5.92 Å². The number of hydrogen-bond donors (Lipinski definition) is 2. The van der Waals surface area contributed by atoms with Crippen LogP contribution in [-0.2, 0) is 4.74 Å². The summed E-state index contributed by atoms with van der Waals surface area (Å²) in [6.07, 6.45) is 2.53. The number of carbonyl (C=O) groups is 1. The number of nitrogens with two attached hydrogens (primary N) is 1. The Kier molecular flexibility index (Phi) is 5.60. The number of nitrogens with zero attached hydrogens (tertiary/aromatic N) is 1. The van der Waals surface area contributed by atoms with Crippen LogP contribution in [0.2, 0.25) is 0 Å². The number of carbonyl (C=O) groups excluding carboxylic acids is 1. The van der Waals surface area contributed by atoms with Gasteiger partial charge in [0.25, 0.3) is 0 Å². The van der Waals surface area contributed by atoms with Crippen molar-refractivity contribution < 1.29 is 9.53 Å². The first-order chi connectivity index (χ1) is 8.93. The maximum absolute atomic E-state index is 11.9. The van der Waals surface area contributed by atoms with Crippen molar-refractivity contribution >= 4 is 17.5 Å². The molecular formula is C14H23N3O2. The standard InChI is InChI=1S/C14H23N3O2/c1-5-19-14(18)12-7-11(15)8-16-13(12)17-10(4)6-9(2)3/h7-10H,5-6,15H2,1-4H3,(H,16,17). The van der Waals surface area contributed by atoms with Gasteiger partial charge in [-0.2, -0.15) is 0 Å². The van der Waals surface area contributed by atoms with E-state index in [1.165, 1.54) is 6.20 Å². The molecule has 0 radical (unpaired) electrons. The second-order valence-electron chi connectivity index (χ2n) is 5.06. The average molecular weight is 265 g/mol. The van der Waals surface area contributed by atoms with Crippen molar-refractivity contribution in [2.75, 3.05) is 17.7 Å². The normalized spacial score (nSPS) is 12.3. The maximum Gasteiger partial charge on any atom is 0.341 e. The van der Waals surface area contributed by atoms with Crippen LogP contribution >= 0.6 is 0 Å². The number of nitrogen functional groups attached to an aromatic ring is 1. The fourth-order valence-electron chi connectivity index (χ4n) is 1.96. The molecule has 0 aliphatic heterocycles. The van der Waals surface area contributed by atoms with Crippen LogP contribution < -0.4 is 11.1 Å². The number of ether oxygens (including phenoxy) is 1.